The molecule has 31 heavy (non-hydrogen) atoms. The van der Waals surface area contributed by atoms with Crippen LogP contribution in [0.1, 0.15) is 13.8 Å². The molecule has 4 aromatic rings. The Bertz CT molecular complexity index is 1310. The van der Waals surface area contributed by atoms with Crippen molar-refractivity contribution in [2.45, 2.75) is 26.1 Å². The summed E-state index contributed by atoms with van der Waals surface area (Å²) in [6, 6.07) is 11.9. The lowest BCUT2D eigenvalue weighted by Gasteiger charge is -2.36. The third-order valence-corrected chi connectivity index (χ3v) is 5.56. The van der Waals surface area contributed by atoms with Crippen molar-refractivity contribution in [3.05, 3.63) is 57.6 Å². The summed E-state index contributed by atoms with van der Waals surface area (Å²) in [6.45, 7) is 5.25. The number of rotatable bonds is 3. The molecule has 2 aromatic heterocycles. The van der Waals surface area contributed by atoms with Gasteiger partial charge in [0, 0.05) is 29.6 Å². The minimum Gasteiger partial charge on any atom is -0.372 e. The number of anilines is 1. The van der Waals surface area contributed by atoms with E-state index in [0.29, 0.717) is 46.6 Å². The van der Waals surface area contributed by atoms with Crippen molar-refractivity contribution in [1.29, 1.82) is 0 Å². The van der Waals surface area contributed by atoms with E-state index >= 15 is 0 Å². The molecule has 1 fully saturated rings. The van der Waals surface area contributed by atoms with Crippen molar-refractivity contribution in [2.24, 2.45) is 0 Å². The molecule has 9 nitrogen and oxygen atoms in total. The van der Waals surface area contributed by atoms with Gasteiger partial charge in [0.25, 0.3) is 5.69 Å². The molecule has 2 unspecified atom stereocenters. The third kappa shape index (κ3) is 3.35. The lowest BCUT2D eigenvalue weighted by Crippen LogP contribution is -2.46. The van der Waals surface area contributed by atoms with Gasteiger partial charge in [0.15, 0.2) is 11.5 Å². The van der Waals surface area contributed by atoms with Crippen molar-refractivity contribution >= 4 is 39.8 Å². The summed E-state index contributed by atoms with van der Waals surface area (Å²) in [6.07, 6.45) is 0.00306. The minimum absolute atomic E-state index is 0.00153. The van der Waals surface area contributed by atoms with Gasteiger partial charge < -0.3 is 9.64 Å². The zero-order chi connectivity index (χ0) is 21.7. The van der Waals surface area contributed by atoms with Crippen LogP contribution < -0.4 is 4.90 Å². The zero-order valence-electron chi connectivity index (χ0n) is 16.9. The Morgan fingerprint density at radius 1 is 1.13 bits per heavy atom. The minimum atomic E-state index is -0.413. The maximum Gasteiger partial charge on any atom is 0.280 e. The molecule has 2 atom stereocenters. The Morgan fingerprint density at radius 2 is 1.87 bits per heavy atom. The number of nitrogens with zero attached hydrogens (tertiary/aromatic N) is 6. The van der Waals surface area contributed by atoms with Crippen LogP contribution in [-0.4, -0.2) is 49.8 Å². The maximum atomic E-state index is 11.7. The summed E-state index contributed by atoms with van der Waals surface area (Å²) < 4.78 is 7.68. The van der Waals surface area contributed by atoms with Crippen LogP contribution in [0.4, 0.5) is 11.6 Å². The molecule has 0 radical (unpaired) electrons. The Kier molecular flexibility index (Phi) is 4.71. The number of hydrogen-bond donors (Lipinski definition) is 0. The van der Waals surface area contributed by atoms with Gasteiger partial charge in [-0.05, 0) is 38.1 Å². The number of nitro groups is 1. The maximum absolute atomic E-state index is 11.7. The van der Waals surface area contributed by atoms with E-state index in [1.165, 1.54) is 6.07 Å². The number of hydrogen-bond acceptors (Lipinski definition) is 7. The second-order valence-corrected chi connectivity index (χ2v) is 8.13. The number of halogens is 1. The molecule has 2 aromatic carbocycles. The lowest BCUT2D eigenvalue weighted by molar-refractivity contribution is -0.384. The van der Waals surface area contributed by atoms with Crippen molar-refractivity contribution in [2.75, 3.05) is 18.0 Å². The van der Waals surface area contributed by atoms with E-state index < -0.39 is 4.92 Å². The Labute approximate surface area is 182 Å². The Hall–Kier alpha value is -3.30. The molecule has 0 saturated carbocycles. The number of para-hydroxylation sites is 1. The van der Waals surface area contributed by atoms with Crippen LogP contribution in [-0.2, 0) is 4.74 Å². The summed E-state index contributed by atoms with van der Waals surface area (Å²) in [5.74, 6) is 0.971. The fraction of sp³-hybridized carbons (Fsp3) is 0.286. The van der Waals surface area contributed by atoms with Crippen molar-refractivity contribution in [1.82, 2.24) is 19.6 Å². The molecular formula is C21H19ClN6O3. The second-order valence-electron chi connectivity index (χ2n) is 7.69. The molecule has 10 heteroatoms. The number of aromatic nitrogens is 4. The standard InChI is InChI=1S/C21H19ClN6O3/c1-12-10-26(11-13(2)31-12)21-23-17-9-14(22)7-8-15(17)19-24-25-20(27(19)21)16-5-3-4-6-18(16)28(29)30/h3-9,12-13H,10-11H2,1-2H3. The molecule has 0 aliphatic carbocycles. The highest BCUT2D eigenvalue weighted by molar-refractivity contribution is 6.31. The average Bonchev–Trinajstić information content (AvgIpc) is 3.17. The van der Waals surface area contributed by atoms with E-state index in [1.807, 2.05) is 19.9 Å². The van der Waals surface area contributed by atoms with Gasteiger partial charge in [0.05, 0.1) is 28.2 Å². The first-order valence-corrected chi connectivity index (χ1v) is 10.3. The summed E-state index contributed by atoms with van der Waals surface area (Å²) in [4.78, 5) is 18.2. The van der Waals surface area contributed by atoms with Crippen LogP contribution in [0, 0.1) is 10.1 Å². The number of benzene rings is 2. The molecule has 158 valence electrons. The SMILES string of the molecule is CC1CN(c2nc3cc(Cl)ccc3c3nnc(-c4ccccc4[N+](=O)[O-])n23)CC(C)O1. The van der Waals surface area contributed by atoms with Gasteiger partial charge >= 0.3 is 0 Å². The number of nitro benzene ring substituents is 1. The highest BCUT2D eigenvalue weighted by atomic mass is 35.5. The normalized spacial score (nSPS) is 19.3. The highest BCUT2D eigenvalue weighted by Crippen LogP contribution is 2.34. The fourth-order valence-corrected chi connectivity index (χ4v) is 4.31. The summed E-state index contributed by atoms with van der Waals surface area (Å²) in [5.41, 5.74) is 1.59. The quantitative estimate of drug-likeness (QED) is 0.350. The largest absolute Gasteiger partial charge is 0.372 e. The zero-order valence-corrected chi connectivity index (χ0v) is 17.7. The average molecular weight is 439 g/mol. The summed E-state index contributed by atoms with van der Waals surface area (Å²) in [7, 11) is 0. The van der Waals surface area contributed by atoms with Crippen LogP contribution in [0.5, 0.6) is 0 Å². The van der Waals surface area contributed by atoms with Gasteiger partial charge in [-0.3, -0.25) is 10.1 Å². The first kappa shape index (κ1) is 19.7. The molecule has 3 heterocycles. The molecule has 0 spiro atoms. The topological polar surface area (TPSA) is 98.7 Å². The Balaban J connectivity index is 1.83. The van der Waals surface area contributed by atoms with Crippen LogP contribution in [0.2, 0.25) is 5.02 Å². The molecule has 1 saturated heterocycles. The van der Waals surface area contributed by atoms with E-state index in [1.54, 1.807) is 34.7 Å². The first-order valence-electron chi connectivity index (χ1n) is 9.91. The van der Waals surface area contributed by atoms with Gasteiger partial charge in [-0.2, -0.15) is 0 Å². The second kappa shape index (κ2) is 7.44. The summed E-state index contributed by atoms with van der Waals surface area (Å²) >= 11 is 6.22. The molecular weight excluding hydrogens is 420 g/mol. The van der Waals surface area contributed by atoms with Gasteiger partial charge in [-0.15, -0.1) is 10.2 Å². The summed E-state index contributed by atoms with van der Waals surface area (Å²) in [5, 5.41) is 21.7. The first-order chi connectivity index (χ1) is 14.9. The van der Waals surface area contributed by atoms with E-state index in [-0.39, 0.29) is 17.9 Å². The smallest absolute Gasteiger partial charge is 0.280 e. The van der Waals surface area contributed by atoms with Gasteiger partial charge in [-0.1, -0.05) is 23.7 Å². The lowest BCUT2D eigenvalue weighted by atomic mass is 10.1. The van der Waals surface area contributed by atoms with E-state index in [4.69, 9.17) is 21.3 Å². The predicted molar refractivity (Wildman–Crippen MR) is 118 cm³/mol. The molecule has 0 amide bonds. The molecule has 5 rings (SSSR count). The van der Waals surface area contributed by atoms with Crippen molar-refractivity contribution in [3.8, 4) is 11.4 Å². The fourth-order valence-electron chi connectivity index (χ4n) is 4.14. The van der Waals surface area contributed by atoms with Crippen molar-refractivity contribution < 1.29 is 9.66 Å². The Morgan fingerprint density at radius 3 is 2.61 bits per heavy atom. The van der Waals surface area contributed by atoms with Gasteiger partial charge in [0.2, 0.25) is 5.95 Å². The van der Waals surface area contributed by atoms with Crippen LogP contribution in [0.3, 0.4) is 0 Å². The van der Waals surface area contributed by atoms with E-state index in [0.717, 1.165) is 5.39 Å². The molecule has 0 bridgehead atoms. The molecule has 1 aliphatic heterocycles. The highest BCUT2D eigenvalue weighted by Gasteiger charge is 2.29. The van der Waals surface area contributed by atoms with Crippen LogP contribution in [0.25, 0.3) is 27.9 Å². The number of ether oxygens (including phenoxy) is 1. The van der Waals surface area contributed by atoms with Crippen LogP contribution in [0.15, 0.2) is 42.5 Å². The molecule has 0 N–H and O–H groups in total. The predicted octanol–water partition coefficient (Wildman–Crippen LogP) is 4.12. The number of fused-ring (bicyclic) bond motifs is 3. The molecule has 1 aliphatic rings. The van der Waals surface area contributed by atoms with Crippen LogP contribution >= 0.6 is 11.6 Å². The number of morpholine rings is 1. The van der Waals surface area contributed by atoms with E-state index in [2.05, 4.69) is 15.1 Å². The van der Waals surface area contributed by atoms with E-state index in [9.17, 15) is 10.1 Å². The van der Waals surface area contributed by atoms with Crippen molar-refractivity contribution in [3.63, 3.8) is 0 Å². The van der Waals surface area contributed by atoms with Gasteiger partial charge in [-0.25, -0.2) is 9.38 Å². The third-order valence-electron chi connectivity index (χ3n) is 5.33. The monoisotopic (exact) mass is 438 g/mol. The van der Waals surface area contributed by atoms with Gasteiger partial charge in [0.1, 0.15) is 0 Å².